The van der Waals surface area contributed by atoms with Crippen LogP contribution in [0.1, 0.15) is 33.5 Å². The molecule has 174 valence electrons. The van der Waals surface area contributed by atoms with Gasteiger partial charge in [0.2, 0.25) is 0 Å². The Hall–Kier alpha value is -3.89. The van der Waals surface area contributed by atoms with E-state index in [-0.39, 0.29) is 18.1 Å². The summed E-state index contributed by atoms with van der Waals surface area (Å²) in [5.74, 6) is 0.412. The molecule has 1 aliphatic rings. The smallest absolute Gasteiger partial charge is 0.433 e. The van der Waals surface area contributed by atoms with E-state index < -0.39 is 23.7 Å². The van der Waals surface area contributed by atoms with Crippen LogP contribution in [0.5, 0.6) is 5.75 Å². The quantitative estimate of drug-likeness (QED) is 0.428. The normalized spacial score (nSPS) is 13.4. The van der Waals surface area contributed by atoms with Crippen molar-refractivity contribution >= 4 is 22.4 Å². The van der Waals surface area contributed by atoms with Gasteiger partial charge in [-0.05, 0) is 35.9 Å². The monoisotopic (exact) mass is 469 g/mol. The van der Waals surface area contributed by atoms with E-state index >= 15 is 0 Å². The molecule has 5 rings (SSSR count). The van der Waals surface area contributed by atoms with Gasteiger partial charge in [0.25, 0.3) is 5.91 Å². The number of benzene rings is 3. The number of hydrogen-bond donors (Lipinski definition) is 2. The molecule has 2 heterocycles. The second kappa shape index (κ2) is 7.86. The number of alkyl halides is 3. The number of aliphatic hydroxyl groups excluding tert-OH is 1. The lowest BCUT2D eigenvalue weighted by molar-refractivity contribution is -0.147. The van der Waals surface area contributed by atoms with Crippen LogP contribution in [-0.4, -0.2) is 33.0 Å². The Kier molecular flexibility index (Phi) is 5.07. The molecule has 0 unspecified atom stereocenters. The summed E-state index contributed by atoms with van der Waals surface area (Å²) in [6.07, 6.45) is -6.46. The number of carbonyl (C=O) groups excluding carboxylic acids is 1. The minimum Gasteiger partial charge on any atom is -0.497 e. The number of halogens is 3. The molecule has 34 heavy (non-hydrogen) atoms. The molecule has 0 spiro atoms. The second-order valence-corrected chi connectivity index (χ2v) is 7.80. The maximum atomic E-state index is 13.8. The molecule has 4 aromatic rings. The maximum Gasteiger partial charge on any atom is 0.433 e. The summed E-state index contributed by atoms with van der Waals surface area (Å²) < 4.78 is 47.3. The first-order valence-corrected chi connectivity index (χ1v) is 10.2. The molecular formula is C24H18F3N3O4. The van der Waals surface area contributed by atoms with Gasteiger partial charge < -0.3 is 19.8 Å². The average Bonchev–Trinajstić information content (AvgIpc) is 3.37. The number of anilines is 1. The molecule has 1 aliphatic heterocycles. The number of aromatic nitrogens is 2. The van der Waals surface area contributed by atoms with Gasteiger partial charge in [0, 0.05) is 16.3 Å². The lowest BCUT2D eigenvalue weighted by atomic mass is 10.0. The molecule has 0 bridgehead atoms. The van der Waals surface area contributed by atoms with E-state index in [2.05, 4.69) is 5.10 Å². The number of hydrogen-bond acceptors (Lipinski definition) is 5. The van der Waals surface area contributed by atoms with Crippen molar-refractivity contribution in [1.29, 1.82) is 0 Å². The third-order valence-corrected chi connectivity index (χ3v) is 5.83. The summed E-state index contributed by atoms with van der Waals surface area (Å²) in [6, 6.07) is 15.1. The Bertz CT molecular complexity index is 1410. The average molecular weight is 469 g/mol. The zero-order valence-corrected chi connectivity index (χ0v) is 17.7. The second-order valence-electron chi connectivity index (χ2n) is 7.80. The Morgan fingerprint density at radius 3 is 2.38 bits per heavy atom. The van der Waals surface area contributed by atoms with Crippen LogP contribution in [0, 0.1) is 0 Å². The van der Waals surface area contributed by atoms with Crippen LogP contribution in [-0.2, 0) is 12.7 Å². The standard InChI is InChI=1S/C24H18F3N3O4/c1-34-14-7-5-13(6-8-14)12-29-19-10-9-18(15-3-2-4-16(20(15)19)22(29)31)30-21(24(25,26)27)17(11-28-30)23(32)33/h2-11,23,32-33H,12H2,1H3. The van der Waals surface area contributed by atoms with Crippen molar-refractivity contribution in [2.24, 2.45) is 0 Å². The van der Waals surface area contributed by atoms with Crippen LogP contribution in [0.25, 0.3) is 16.5 Å². The van der Waals surface area contributed by atoms with Crippen LogP contribution >= 0.6 is 0 Å². The van der Waals surface area contributed by atoms with E-state index in [9.17, 15) is 28.2 Å². The highest BCUT2D eigenvalue weighted by Crippen LogP contribution is 2.43. The summed E-state index contributed by atoms with van der Waals surface area (Å²) in [7, 11) is 1.56. The maximum absolute atomic E-state index is 13.8. The molecule has 0 aliphatic carbocycles. The van der Waals surface area contributed by atoms with Gasteiger partial charge >= 0.3 is 6.18 Å². The zero-order chi connectivity index (χ0) is 24.2. The van der Waals surface area contributed by atoms with Gasteiger partial charge in [-0.15, -0.1) is 0 Å². The molecule has 0 fully saturated rings. The first-order chi connectivity index (χ1) is 16.2. The Balaban J connectivity index is 1.65. The summed E-state index contributed by atoms with van der Waals surface area (Å²) in [6.45, 7) is 0.266. The zero-order valence-electron chi connectivity index (χ0n) is 17.7. The highest BCUT2D eigenvalue weighted by atomic mass is 19.4. The molecule has 2 N–H and O–H groups in total. The van der Waals surface area contributed by atoms with Gasteiger partial charge in [0.1, 0.15) is 5.75 Å². The van der Waals surface area contributed by atoms with Gasteiger partial charge in [0.05, 0.1) is 36.8 Å². The molecule has 1 aromatic heterocycles. The molecule has 0 atom stereocenters. The van der Waals surface area contributed by atoms with Gasteiger partial charge in [0.15, 0.2) is 12.0 Å². The molecule has 10 heteroatoms. The fraction of sp³-hybridized carbons (Fsp3) is 0.167. The van der Waals surface area contributed by atoms with Gasteiger partial charge in [-0.2, -0.15) is 18.3 Å². The van der Waals surface area contributed by atoms with Gasteiger partial charge in [-0.25, -0.2) is 4.68 Å². The number of methoxy groups -OCH3 is 1. The molecule has 1 amide bonds. The predicted octanol–water partition coefficient (Wildman–Crippen LogP) is 4.20. The fourth-order valence-electron chi connectivity index (χ4n) is 4.30. The third-order valence-electron chi connectivity index (χ3n) is 5.83. The van der Waals surface area contributed by atoms with Crippen LogP contribution in [0.4, 0.5) is 18.9 Å². The number of rotatable bonds is 5. The molecule has 7 nitrogen and oxygen atoms in total. The van der Waals surface area contributed by atoms with E-state index in [4.69, 9.17) is 4.74 Å². The van der Waals surface area contributed by atoms with Crippen molar-refractivity contribution in [3.63, 3.8) is 0 Å². The minimum absolute atomic E-state index is 0.0684. The highest BCUT2D eigenvalue weighted by Gasteiger charge is 2.41. The molecule has 0 saturated carbocycles. The van der Waals surface area contributed by atoms with Crippen molar-refractivity contribution in [2.75, 3.05) is 12.0 Å². The summed E-state index contributed by atoms with van der Waals surface area (Å²) >= 11 is 0. The van der Waals surface area contributed by atoms with Crippen molar-refractivity contribution in [2.45, 2.75) is 19.0 Å². The summed E-state index contributed by atoms with van der Waals surface area (Å²) in [5, 5.41) is 23.5. The predicted molar refractivity (Wildman–Crippen MR) is 117 cm³/mol. The molecule has 0 radical (unpaired) electrons. The highest BCUT2D eigenvalue weighted by molar-refractivity contribution is 6.26. The van der Waals surface area contributed by atoms with Crippen LogP contribution < -0.4 is 9.64 Å². The lowest BCUT2D eigenvalue weighted by Crippen LogP contribution is -2.26. The molecule has 3 aromatic carbocycles. The van der Waals surface area contributed by atoms with E-state index in [1.807, 2.05) is 12.1 Å². The van der Waals surface area contributed by atoms with Crippen molar-refractivity contribution < 1.29 is 32.9 Å². The minimum atomic E-state index is -4.89. The summed E-state index contributed by atoms with van der Waals surface area (Å²) in [5.41, 5.74) is -0.189. The number of amides is 1. The van der Waals surface area contributed by atoms with E-state index in [1.165, 1.54) is 6.07 Å². The van der Waals surface area contributed by atoms with E-state index in [0.717, 1.165) is 11.8 Å². The van der Waals surface area contributed by atoms with E-state index in [1.54, 1.807) is 48.4 Å². The first-order valence-electron chi connectivity index (χ1n) is 10.2. The molecular weight excluding hydrogens is 451 g/mol. The third kappa shape index (κ3) is 3.39. The van der Waals surface area contributed by atoms with Crippen molar-refractivity contribution in [1.82, 2.24) is 9.78 Å². The number of nitrogens with zero attached hydrogens (tertiary/aromatic N) is 3. The number of ether oxygens (including phenoxy) is 1. The van der Waals surface area contributed by atoms with Crippen LogP contribution in [0.3, 0.4) is 0 Å². The van der Waals surface area contributed by atoms with Crippen molar-refractivity contribution in [3.8, 4) is 11.4 Å². The lowest BCUT2D eigenvalue weighted by Gasteiger charge is -2.19. The largest absolute Gasteiger partial charge is 0.497 e. The first kappa shape index (κ1) is 21.9. The van der Waals surface area contributed by atoms with Gasteiger partial charge in [-0.1, -0.05) is 24.3 Å². The topological polar surface area (TPSA) is 87.8 Å². The van der Waals surface area contributed by atoms with Gasteiger partial charge in [-0.3, -0.25) is 4.79 Å². The summed E-state index contributed by atoms with van der Waals surface area (Å²) in [4.78, 5) is 14.8. The Labute approximate surface area is 191 Å². The van der Waals surface area contributed by atoms with Crippen LogP contribution in [0.15, 0.2) is 60.8 Å². The Morgan fingerprint density at radius 1 is 1.03 bits per heavy atom. The SMILES string of the molecule is COc1ccc(CN2C(=O)c3cccc4c(-n5ncc(C(O)O)c5C(F)(F)F)ccc2c34)cc1. The van der Waals surface area contributed by atoms with Crippen LogP contribution in [0.2, 0.25) is 0 Å². The fourth-order valence-corrected chi connectivity index (χ4v) is 4.30. The molecule has 0 saturated heterocycles. The number of carbonyl (C=O) groups is 1. The number of aliphatic hydroxyl groups is 2. The van der Waals surface area contributed by atoms with Crippen molar-refractivity contribution in [3.05, 3.63) is 83.2 Å². The van der Waals surface area contributed by atoms with E-state index in [0.29, 0.717) is 32.5 Å². The Morgan fingerprint density at radius 2 is 1.74 bits per heavy atom.